The first-order valence-corrected chi connectivity index (χ1v) is 10.3. The van der Waals surface area contributed by atoms with E-state index in [1.165, 1.54) is 6.07 Å². The van der Waals surface area contributed by atoms with Crippen molar-refractivity contribution in [2.75, 3.05) is 0 Å². The smallest absolute Gasteiger partial charge is 0.225 e. The van der Waals surface area contributed by atoms with E-state index in [1.807, 2.05) is 69.6 Å². The Labute approximate surface area is 181 Å². The topological polar surface area (TPSA) is 8.81 Å². The molecule has 3 heteroatoms. The van der Waals surface area contributed by atoms with Crippen molar-refractivity contribution in [3.05, 3.63) is 83.2 Å². The lowest BCUT2D eigenvalue weighted by Gasteiger charge is -2.18. The van der Waals surface area contributed by atoms with Gasteiger partial charge in [0.05, 0.1) is 12.6 Å². The summed E-state index contributed by atoms with van der Waals surface area (Å²) in [5.41, 5.74) is 6.20. The summed E-state index contributed by atoms with van der Waals surface area (Å²) in [5, 5.41) is 0. The molecule has 0 bridgehead atoms. The van der Waals surface area contributed by atoms with Crippen molar-refractivity contribution in [2.45, 2.75) is 46.4 Å². The quantitative estimate of drug-likeness (QED) is 0.331. The minimum Gasteiger partial charge on any atom is -0.225 e. The molecule has 3 aromatic carbocycles. The number of nitrogens with zero attached hydrogens (tertiary/aromatic N) is 2. The number of hydrogen-bond acceptors (Lipinski definition) is 0. The van der Waals surface area contributed by atoms with Gasteiger partial charge in [0.25, 0.3) is 5.82 Å². The lowest BCUT2D eigenvalue weighted by atomic mass is 9.92. The lowest BCUT2D eigenvalue weighted by molar-refractivity contribution is -0.557. The average Bonchev–Trinajstić information content (AvgIpc) is 2.98. The summed E-state index contributed by atoms with van der Waals surface area (Å²) in [4.78, 5) is 0. The van der Waals surface area contributed by atoms with Crippen LogP contribution in [0.2, 0.25) is 0 Å². The second-order valence-electron chi connectivity index (χ2n) is 8.37. The maximum absolute atomic E-state index is 14.3. The zero-order chi connectivity index (χ0) is 23.4. The van der Waals surface area contributed by atoms with Crippen molar-refractivity contribution in [1.82, 2.24) is 4.57 Å². The normalized spacial score (nSPS) is 13.4. The van der Waals surface area contributed by atoms with Crippen LogP contribution in [0.3, 0.4) is 0 Å². The molecule has 4 rings (SSSR count). The third-order valence-electron chi connectivity index (χ3n) is 5.79. The molecule has 154 valence electrons. The molecule has 0 aliphatic carbocycles. The molecule has 0 unspecified atom stereocenters. The minimum atomic E-state index is -0.894. The summed E-state index contributed by atoms with van der Waals surface area (Å²) >= 11 is 0. The van der Waals surface area contributed by atoms with Crippen molar-refractivity contribution in [1.29, 1.82) is 0 Å². The maximum Gasteiger partial charge on any atom is 0.295 e. The second-order valence-corrected chi connectivity index (χ2v) is 8.37. The Morgan fingerprint density at radius 2 is 1.53 bits per heavy atom. The molecule has 0 aliphatic rings. The number of halogens is 1. The van der Waals surface area contributed by atoms with E-state index in [0.717, 1.165) is 44.8 Å². The minimum absolute atomic E-state index is 0.295. The summed E-state index contributed by atoms with van der Waals surface area (Å²) in [6.45, 7) is 9.53. The highest BCUT2D eigenvalue weighted by molar-refractivity contribution is 5.78. The van der Waals surface area contributed by atoms with Crippen molar-refractivity contribution >= 4 is 11.0 Å². The Hall–Kier alpha value is -2.94. The lowest BCUT2D eigenvalue weighted by Crippen LogP contribution is -2.36. The van der Waals surface area contributed by atoms with E-state index in [9.17, 15) is 4.39 Å². The average molecular weight is 404 g/mol. The number of fused-ring (bicyclic) bond motifs is 1. The predicted octanol–water partition coefficient (Wildman–Crippen LogP) is 6.82. The molecule has 0 amide bonds. The van der Waals surface area contributed by atoms with E-state index in [4.69, 9.17) is 2.74 Å². The molecule has 0 fully saturated rings. The molecular formula is C27H30FN2+. The fraction of sp³-hybridized carbons (Fsp3) is 0.296. The molecule has 0 atom stereocenters. The van der Waals surface area contributed by atoms with Crippen LogP contribution in [0.25, 0.3) is 28.1 Å². The number of aromatic nitrogens is 2. The van der Waals surface area contributed by atoms with Gasteiger partial charge in [-0.15, -0.1) is 0 Å². The van der Waals surface area contributed by atoms with E-state index < -0.39 is 11.8 Å². The van der Waals surface area contributed by atoms with E-state index >= 15 is 0 Å². The summed E-state index contributed by atoms with van der Waals surface area (Å²) in [6.07, 6.45) is 0. The number of para-hydroxylation sites is 1. The largest absolute Gasteiger partial charge is 0.295 e. The highest BCUT2D eigenvalue weighted by Gasteiger charge is 2.31. The van der Waals surface area contributed by atoms with Crippen molar-refractivity contribution < 1.29 is 11.7 Å². The van der Waals surface area contributed by atoms with Gasteiger partial charge in [0.1, 0.15) is 11.5 Å². The van der Waals surface area contributed by atoms with Gasteiger partial charge < -0.3 is 0 Å². The first-order chi connectivity index (χ1) is 14.9. The third kappa shape index (κ3) is 3.23. The molecule has 1 aromatic heterocycles. The van der Waals surface area contributed by atoms with Crippen LogP contribution < -0.4 is 4.57 Å². The van der Waals surface area contributed by atoms with Gasteiger partial charge in [-0.1, -0.05) is 64.1 Å². The van der Waals surface area contributed by atoms with Crippen molar-refractivity contribution in [2.24, 2.45) is 7.05 Å². The molecule has 0 radical (unpaired) electrons. The van der Waals surface area contributed by atoms with E-state index in [2.05, 4.69) is 23.6 Å². The monoisotopic (exact) mass is 403 g/mol. The van der Waals surface area contributed by atoms with Crippen LogP contribution in [0, 0.1) is 12.7 Å². The standard InChI is InChI=1S/C27H30FN2/c1-17(2)21-12-9-13-22(18(3)4)26(21)30-24-15-14-20(28)16-25(24)29(6)27(30)23-11-8-7-10-19(23)5/h7-18H,1-6H3/q+1/i17D,18D. The van der Waals surface area contributed by atoms with Crippen LogP contribution in [0.15, 0.2) is 60.7 Å². The van der Waals surface area contributed by atoms with Gasteiger partial charge in [0.15, 0.2) is 11.0 Å². The first-order valence-electron chi connectivity index (χ1n) is 11.3. The van der Waals surface area contributed by atoms with Crippen LogP contribution >= 0.6 is 0 Å². The number of hydrogen-bond donors (Lipinski definition) is 0. The molecule has 4 aromatic rings. The SMILES string of the molecule is [2H]C(C)(C)c1cccc(C([2H])(C)C)c1-[n+]1c(-c2ccccc2C)n(C)c2cc(F)ccc21. The first kappa shape index (κ1) is 17.9. The number of benzene rings is 3. The molecule has 0 saturated heterocycles. The van der Waals surface area contributed by atoms with Crippen LogP contribution in [0.1, 0.15) is 58.9 Å². The van der Waals surface area contributed by atoms with Gasteiger partial charge >= 0.3 is 0 Å². The molecule has 2 nitrogen and oxygen atoms in total. The zero-order valence-electron chi connectivity index (χ0n) is 20.5. The van der Waals surface area contributed by atoms with Crippen LogP contribution in [-0.4, -0.2) is 4.57 Å². The van der Waals surface area contributed by atoms with Gasteiger partial charge in [-0.2, -0.15) is 4.57 Å². The Kier molecular flexibility index (Phi) is 4.60. The van der Waals surface area contributed by atoms with Gasteiger partial charge in [-0.3, -0.25) is 0 Å². The van der Waals surface area contributed by atoms with Crippen LogP contribution in [0.5, 0.6) is 0 Å². The Morgan fingerprint density at radius 1 is 0.900 bits per heavy atom. The summed E-state index contributed by atoms with van der Waals surface area (Å²) in [7, 11) is 1.94. The third-order valence-corrected chi connectivity index (χ3v) is 5.79. The van der Waals surface area contributed by atoms with Crippen molar-refractivity contribution in [3.63, 3.8) is 0 Å². The highest BCUT2D eigenvalue weighted by Crippen LogP contribution is 2.33. The molecule has 0 N–H and O–H groups in total. The molecule has 0 aliphatic heterocycles. The fourth-order valence-corrected chi connectivity index (χ4v) is 4.28. The van der Waals surface area contributed by atoms with Crippen LogP contribution in [0.4, 0.5) is 4.39 Å². The molecule has 1 heterocycles. The summed E-state index contributed by atoms with van der Waals surface area (Å²) in [5.74, 6) is -1.19. The van der Waals surface area contributed by atoms with E-state index in [-0.39, 0.29) is 5.82 Å². The van der Waals surface area contributed by atoms with Crippen LogP contribution in [-0.2, 0) is 7.05 Å². The van der Waals surface area contributed by atoms with Gasteiger partial charge in [0.2, 0.25) is 0 Å². The zero-order valence-corrected chi connectivity index (χ0v) is 18.5. The Bertz CT molecular complexity index is 1290. The second kappa shape index (κ2) is 7.71. The predicted molar refractivity (Wildman–Crippen MR) is 123 cm³/mol. The molecule has 0 spiro atoms. The number of aryl methyl sites for hydroxylation is 2. The summed E-state index contributed by atoms with van der Waals surface area (Å²) < 4.78 is 36.2. The number of imidazole rings is 1. The fourth-order valence-electron chi connectivity index (χ4n) is 4.28. The molecule has 0 saturated carbocycles. The van der Waals surface area contributed by atoms with Gasteiger partial charge in [-0.05, 0) is 42.5 Å². The van der Waals surface area contributed by atoms with E-state index in [1.54, 1.807) is 12.1 Å². The van der Waals surface area contributed by atoms with Gasteiger partial charge in [-0.25, -0.2) is 8.96 Å². The Morgan fingerprint density at radius 3 is 2.13 bits per heavy atom. The Balaban J connectivity index is 2.28. The van der Waals surface area contributed by atoms with Gasteiger partial charge in [0, 0.05) is 19.9 Å². The van der Waals surface area contributed by atoms with E-state index in [0.29, 0.717) is 0 Å². The van der Waals surface area contributed by atoms with Crippen molar-refractivity contribution in [3.8, 4) is 17.1 Å². The molecule has 30 heavy (non-hydrogen) atoms. The maximum atomic E-state index is 14.3. The summed E-state index contributed by atoms with van der Waals surface area (Å²) in [6, 6.07) is 18.8. The number of rotatable bonds is 4. The highest BCUT2D eigenvalue weighted by atomic mass is 19.1. The molecular weight excluding hydrogens is 371 g/mol.